The first-order chi connectivity index (χ1) is 15.7. The fourth-order valence-corrected chi connectivity index (χ4v) is 5.49. The quantitative estimate of drug-likeness (QED) is 0.173. The zero-order valence-electron chi connectivity index (χ0n) is 17.3. The molecule has 0 aliphatic rings. The summed E-state index contributed by atoms with van der Waals surface area (Å²) in [5.41, 5.74) is 10.0. The Labute approximate surface area is 216 Å². The van der Waals surface area contributed by atoms with Gasteiger partial charge in [0.15, 0.2) is 0 Å². The standard InChI is InChI=1S/C30H20I2/c31-29-20-28(26-17-13-24(14-18-26)22-9-5-2-6-10-22)30(32)19-27(29)25-15-11-23(12-16-25)21-7-3-1-4-8-21/h1-20H. The number of benzene rings is 5. The molecular weight excluding hydrogens is 614 g/mol. The predicted molar refractivity (Wildman–Crippen MR) is 154 cm³/mol. The Hall–Kier alpha value is -2.44. The van der Waals surface area contributed by atoms with E-state index in [0.717, 1.165) is 0 Å². The maximum atomic E-state index is 2.47. The third kappa shape index (κ3) is 4.52. The lowest BCUT2D eigenvalue weighted by molar-refractivity contribution is 1.52. The fraction of sp³-hybridized carbons (Fsp3) is 0. The van der Waals surface area contributed by atoms with Crippen LogP contribution in [0.3, 0.4) is 0 Å². The summed E-state index contributed by atoms with van der Waals surface area (Å²) in [5, 5.41) is 0. The molecule has 0 spiro atoms. The van der Waals surface area contributed by atoms with Gasteiger partial charge >= 0.3 is 0 Å². The van der Waals surface area contributed by atoms with Crippen LogP contribution in [0.2, 0.25) is 0 Å². The van der Waals surface area contributed by atoms with Crippen LogP contribution in [0.4, 0.5) is 0 Å². The summed E-state index contributed by atoms with van der Waals surface area (Å²) >= 11 is 4.93. The molecule has 0 fully saturated rings. The second-order valence-electron chi connectivity index (χ2n) is 7.70. The fourth-order valence-electron chi connectivity index (χ4n) is 3.93. The van der Waals surface area contributed by atoms with E-state index in [1.54, 1.807) is 0 Å². The minimum atomic E-state index is 1.24. The van der Waals surface area contributed by atoms with Gasteiger partial charge in [0.1, 0.15) is 0 Å². The molecule has 0 atom stereocenters. The van der Waals surface area contributed by atoms with E-state index in [1.165, 1.54) is 51.6 Å². The maximum absolute atomic E-state index is 2.47. The summed E-state index contributed by atoms with van der Waals surface area (Å²) in [6.07, 6.45) is 0. The highest BCUT2D eigenvalue weighted by Gasteiger charge is 2.11. The highest BCUT2D eigenvalue weighted by molar-refractivity contribution is 14.1. The van der Waals surface area contributed by atoms with E-state index in [-0.39, 0.29) is 0 Å². The van der Waals surface area contributed by atoms with Gasteiger partial charge < -0.3 is 0 Å². The zero-order valence-corrected chi connectivity index (χ0v) is 21.6. The number of rotatable bonds is 4. The van der Waals surface area contributed by atoms with Crippen molar-refractivity contribution in [3.8, 4) is 44.5 Å². The van der Waals surface area contributed by atoms with Crippen molar-refractivity contribution in [1.82, 2.24) is 0 Å². The summed E-state index contributed by atoms with van der Waals surface area (Å²) in [4.78, 5) is 0. The maximum Gasteiger partial charge on any atom is 0.0215 e. The Morgan fingerprint density at radius 1 is 0.312 bits per heavy atom. The molecule has 0 nitrogen and oxygen atoms in total. The minimum absolute atomic E-state index is 1.24. The first-order valence-electron chi connectivity index (χ1n) is 10.5. The van der Waals surface area contributed by atoms with Crippen molar-refractivity contribution in [2.75, 3.05) is 0 Å². The van der Waals surface area contributed by atoms with Gasteiger partial charge in [-0.2, -0.15) is 0 Å². The lowest BCUT2D eigenvalue weighted by Crippen LogP contribution is -1.90. The summed E-state index contributed by atoms with van der Waals surface area (Å²) in [5.74, 6) is 0. The predicted octanol–water partition coefficient (Wildman–Crippen LogP) is 9.56. The molecule has 0 amide bonds. The van der Waals surface area contributed by atoms with Crippen LogP contribution in [0.25, 0.3) is 44.5 Å². The lowest BCUT2D eigenvalue weighted by atomic mass is 9.97. The number of hydrogen-bond acceptors (Lipinski definition) is 0. The van der Waals surface area contributed by atoms with Gasteiger partial charge in [0.25, 0.3) is 0 Å². The van der Waals surface area contributed by atoms with Crippen LogP contribution in [-0.2, 0) is 0 Å². The highest BCUT2D eigenvalue weighted by Crippen LogP contribution is 2.35. The van der Waals surface area contributed by atoms with Crippen LogP contribution >= 0.6 is 45.2 Å². The molecule has 0 radical (unpaired) electrons. The number of hydrogen-bond donors (Lipinski definition) is 0. The van der Waals surface area contributed by atoms with Crippen molar-refractivity contribution < 1.29 is 0 Å². The molecule has 0 saturated heterocycles. The van der Waals surface area contributed by atoms with Crippen molar-refractivity contribution >= 4 is 45.2 Å². The van der Waals surface area contributed by atoms with Gasteiger partial charge in [0, 0.05) is 7.14 Å². The molecule has 0 aliphatic carbocycles. The third-order valence-corrected chi connectivity index (χ3v) is 7.45. The molecule has 0 heterocycles. The van der Waals surface area contributed by atoms with Crippen LogP contribution in [0.5, 0.6) is 0 Å². The van der Waals surface area contributed by atoms with E-state index in [1.807, 2.05) is 0 Å². The van der Waals surface area contributed by atoms with Crippen molar-refractivity contribution in [3.05, 3.63) is 128 Å². The van der Waals surface area contributed by atoms with Crippen LogP contribution in [0.1, 0.15) is 0 Å². The molecule has 0 aromatic heterocycles. The Morgan fingerprint density at radius 2 is 0.594 bits per heavy atom. The molecule has 154 valence electrons. The van der Waals surface area contributed by atoms with Crippen molar-refractivity contribution in [2.24, 2.45) is 0 Å². The van der Waals surface area contributed by atoms with Crippen LogP contribution in [0.15, 0.2) is 121 Å². The first-order valence-corrected chi connectivity index (χ1v) is 12.7. The van der Waals surface area contributed by atoms with Gasteiger partial charge in [0.2, 0.25) is 0 Å². The summed E-state index contributed by atoms with van der Waals surface area (Å²) in [6, 6.07) is 43.4. The Bertz CT molecular complexity index is 1230. The molecule has 0 saturated carbocycles. The van der Waals surface area contributed by atoms with Crippen molar-refractivity contribution in [1.29, 1.82) is 0 Å². The third-order valence-electron chi connectivity index (χ3n) is 5.66. The van der Waals surface area contributed by atoms with E-state index in [0.29, 0.717) is 0 Å². The molecule has 32 heavy (non-hydrogen) atoms. The van der Waals surface area contributed by atoms with Crippen molar-refractivity contribution in [3.63, 3.8) is 0 Å². The van der Waals surface area contributed by atoms with Crippen LogP contribution in [-0.4, -0.2) is 0 Å². The van der Waals surface area contributed by atoms with E-state index in [2.05, 4.69) is 167 Å². The van der Waals surface area contributed by atoms with Crippen molar-refractivity contribution in [2.45, 2.75) is 0 Å². The molecular formula is C30H20I2. The Morgan fingerprint density at radius 3 is 0.938 bits per heavy atom. The average molecular weight is 634 g/mol. The van der Waals surface area contributed by atoms with Crippen LogP contribution < -0.4 is 0 Å². The topological polar surface area (TPSA) is 0 Å². The van der Waals surface area contributed by atoms with Gasteiger partial charge in [-0.3, -0.25) is 0 Å². The van der Waals surface area contributed by atoms with E-state index < -0.39 is 0 Å². The van der Waals surface area contributed by atoms with Gasteiger partial charge in [-0.1, -0.05) is 109 Å². The van der Waals surface area contributed by atoms with E-state index in [4.69, 9.17) is 0 Å². The Kier molecular flexibility index (Phi) is 6.42. The lowest BCUT2D eigenvalue weighted by Gasteiger charge is -2.12. The first kappa shape index (κ1) is 21.4. The molecule has 0 unspecified atom stereocenters. The summed E-state index contributed by atoms with van der Waals surface area (Å²) < 4.78 is 2.52. The summed E-state index contributed by atoms with van der Waals surface area (Å²) in [7, 11) is 0. The molecule has 0 N–H and O–H groups in total. The second-order valence-corrected chi connectivity index (χ2v) is 10.0. The number of halogens is 2. The van der Waals surface area contributed by atoms with Crippen LogP contribution in [0, 0.1) is 7.14 Å². The molecule has 5 aromatic rings. The SMILES string of the molecule is Ic1cc(-c2ccc(-c3ccccc3)cc2)c(I)cc1-c1ccc(-c2ccccc2)cc1. The molecule has 5 aromatic carbocycles. The van der Waals surface area contributed by atoms with Gasteiger partial charge in [-0.05, 0) is 102 Å². The smallest absolute Gasteiger partial charge is 0.0215 e. The molecule has 2 heteroatoms. The summed E-state index contributed by atoms with van der Waals surface area (Å²) in [6.45, 7) is 0. The van der Waals surface area contributed by atoms with Gasteiger partial charge in [-0.15, -0.1) is 0 Å². The van der Waals surface area contributed by atoms with Gasteiger partial charge in [-0.25, -0.2) is 0 Å². The molecule has 0 bridgehead atoms. The molecule has 5 rings (SSSR count). The normalized spacial score (nSPS) is 10.8. The van der Waals surface area contributed by atoms with Gasteiger partial charge in [0.05, 0.1) is 0 Å². The molecule has 0 aliphatic heterocycles. The van der Waals surface area contributed by atoms with E-state index >= 15 is 0 Å². The highest BCUT2D eigenvalue weighted by atomic mass is 127. The largest absolute Gasteiger partial charge is 0.0622 e. The second kappa shape index (κ2) is 9.59. The zero-order chi connectivity index (χ0) is 21.9. The minimum Gasteiger partial charge on any atom is -0.0622 e. The average Bonchev–Trinajstić information content (AvgIpc) is 2.86. The van der Waals surface area contributed by atoms with E-state index in [9.17, 15) is 0 Å². The Balaban J connectivity index is 1.45. The monoisotopic (exact) mass is 634 g/mol.